The zero-order chi connectivity index (χ0) is 22.5. The lowest BCUT2D eigenvalue weighted by Crippen LogP contribution is -2.19. The number of methoxy groups -OCH3 is 2. The van der Waals surface area contributed by atoms with Crippen LogP contribution in [-0.2, 0) is 0 Å². The third kappa shape index (κ3) is 4.63. The number of anilines is 2. The third-order valence-corrected chi connectivity index (χ3v) is 5.23. The molecular formula is C25H26N4O3. The van der Waals surface area contributed by atoms with E-state index in [-0.39, 0.29) is 6.61 Å². The van der Waals surface area contributed by atoms with Crippen LogP contribution in [0.1, 0.15) is 12.1 Å². The van der Waals surface area contributed by atoms with Gasteiger partial charge < -0.3 is 19.5 Å². The van der Waals surface area contributed by atoms with Gasteiger partial charge in [-0.25, -0.2) is 4.98 Å². The molecule has 0 spiro atoms. The van der Waals surface area contributed by atoms with Crippen molar-refractivity contribution in [2.45, 2.75) is 13.3 Å². The first-order valence-electron chi connectivity index (χ1n) is 10.4. The molecule has 0 unspecified atom stereocenters. The summed E-state index contributed by atoms with van der Waals surface area (Å²) in [4.78, 5) is 15.9. The van der Waals surface area contributed by atoms with Crippen LogP contribution >= 0.6 is 0 Å². The number of nitrogens with zero attached hydrogens (tertiary/aromatic N) is 4. The maximum Gasteiger partial charge on any atom is 0.124 e. The Morgan fingerprint density at radius 1 is 0.844 bits per heavy atom. The number of hydrogen-bond donors (Lipinski definition) is 1. The van der Waals surface area contributed by atoms with Gasteiger partial charge in [0.2, 0.25) is 0 Å². The van der Waals surface area contributed by atoms with Crippen LogP contribution in [0, 0.1) is 6.92 Å². The molecule has 0 saturated heterocycles. The SMILES string of the molecule is COc1cc(OC)cc(N(CCCO)c2ccc3ncc(-c4ccc(C)nc4)nc3c2)c1. The number of ether oxygens (including phenoxy) is 2. The molecule has 7 nitrogen and oxygen atoms in total. The predicted octanol–water partition coefficient (Wildman–Crippen LogP) is 4.54. The molecular weight excluding hydrogens is 404 g/mol. The Balaban J connectivity index is 1.78. The number of benzene rings is 2. The van der Waals surface area contributed by atoms with Crippen molar-refractivity contribution in [2.24, 2.45) is 0 Å². The zero-order valence-electron chi connectivity index (χ0n) is 18.4. The minimum atomic E-state index is 0.0928. The van der Waals surface area contributed by atoms with Gasteiger partial charge in [-0.3, -0.25) is 9.97 Å². The summed E-state index contributed by atoms with van der Waals surface area (Å²) in [5.74, 6) is 1.39. The van der Waals surface area contributed by atoms with Gasteiger partial charge in [0.1, 0.15) is 11.5 Å². The summed E-state index contributed by atoms with van der Waals surface area (Å²) in [5, 5.41) is 9.46. The van der Waals surface area contributed by atoms with E-state index in [1.807, 2.05) is 61.7 Å². The van der Waals surface area contributed by atoms with Crippen molar-refractivity contribution in [1.29, 1.82) is 0 Å². The third-order valence-electron chi connectivity index (χ3n) is 5.23. The van der Waals surface area contributed by atoms with E-state index in [9.17, 15) is 5.11 Å². The number of pyridine rings is 1. The van der Waals surface area contributed by atoms with E-state index >= 15 is 0 Å². The van der Waals surface area contributed by atoms with E-state index in [0.29, 0.717) is 24.5 Å². The molecule has 0 aliphatic carbocycles. The number of hydrogen-bond acceptors (Lipinski definition) is 7. The molecule has 0 radical (unpaired) electrons. The van der Waals surface area contributed by atoms with Crippen LogP contribution in [-0.4, -0.2) is 47.4 Å². The summed E-state index contributed by atoms with van der Waals surface area (Å²) >= 11 is 0. The minimum absolute atomic E-state index is 0.0928. The molecule has 2 aromatic heterocycles. The summed E-state index contributed by atoms with van der Waals surface area (Å²) in [6, 6.07) is 15.7. The largest absolute Gasteiger partial charge is 0.497 e. The van der Waals surface area contributed by atoms with E-state index in [2.05, 4.69) is 14.9 Å². The van der Waals surface area contributed by atoms with Crippen molar-refractivity contribution in [3.05, 3.63) is 66.6 Å². The van der Waals surface area contributed by atoms with Crippen LogP contribution in [0.25, 0.3) is 22.3 Å². The van der Waals surface area contributed by atoms with E-state index in [1.165, 1.54) is 0 Å². The first-order valence-corrected chi connectivity index (χ1v) is 10.4. The number of aromatic nitrogens is 3. The Bertz CT molecular complexity index is 1190. The van der Waals surface area contributed by atoms with Gasteiger partial charge >= 0.3 is 0 Å². The first-order chi connectivity index (χ1) is 15.6. The molecule has 4 aromatic rings. The molecule has 0 amide bonds. The fourth-order valence-corrected chi connectivity index (χ4v) is 3.51. The lowest BCUT2D eigenvalue weighted by molar-refractivity contribution is 0.291. The van der Waals surface area contributed by atoms with Crippen LogP contribution in [0.5, 0.6) is 11.5 Å². The Hall–Kier alpha value is -3.71. The smallest absolute Gasteiger partial charge is 0.124 e. The minimum Gasteiger partial charge on any atom is -0.497 e. The van der Waals surface area contributed by atoms with E-state index in [4.69, 9.17) is 14.5 Å². The highest BCUT2D eigenvalue weighted by atomic mass is 16.5. The van der Waals surface area contributed by atoms with E-state index in [0.717, 1.165) is 39.4 Å². The number of rotatable bonds is 8. The van der Waals surface area contributed by atoms with Crippen LogP contribution in [0.3, 0.4) is 0 Å². The van der Waals surface area contributed by atoms with Crippen molar-refractivity contribution in [3.63, 3.8) is 0 Å². The lowest BCUT2D eigenvalue weighted by atomic mass is 10.1. The van der Waals surface area contributed by atoms with Crippen molar-refractivity contribution in [3.8, 4) is 22.8 Å². The van der Waals surface area contributed by atoms with E-state index < -0.39 is 0 Å². The van der Waals surface area contributed by atoms with Gasteiger partial charge in [0.25, 0.3) is 0 Å². The average molecular weight is 431 g/mol. The monoisotopic (exact) mass is 430 g/mol. The Labute approximate surface area is 187 Å². The van der Waals surface area contributed by atoms with Crippen molar-refractivity contribution in [1.82, 2.24) is 15.0 Å². The molecule has 32 heavy (non-hydrogen) atoms. The zero-order valence-corrected chi connectivity index (χ0v) is 18.4. The van der Waals surface area contributed by atoms with Gasteiger partial charge in [-0.15, -0.1) is 0 Å². The predicted molar refractivity (Wildman–Crippen MR) is 126 cm³/mol. The Kier molecular flexibility index (Phi) is 6.47. The summed E-state index contributed by atoms with van der Waals surface area (Å²) in [7, 11) is 3.26. The molecule has 0 atom stereocenters. The lowest BCUT2D eigenvalue weighted by Gasteiger charge is -2.26. The summed E-state index contributed by atoms with van der Waals surface area (Å²) < 4.78 is 10.9. The number of aliphatic hydroxyl groups excluding tert-OH is 1. The van der Waals surface area contributed by atoms with Gasteiger partial charge in [0.15, 0.2) is 0 Å². The molecule has 0 aliphatic heterocycles. The molecule has 1 N–H and O–H groups in total. The standard InChI is InChI=1S/C25H26N4O3/c1-17-5-6-18(15-26-17)25-16-27-23-8-7-19(13-24(23)28-25)29(9-4-10-30)20-11-21(31-2)14-22(12-20)32-3/h5-8,11-16,30H,4,9-10H2,1-3H3. The summed E-state index contributed by atoms with van der Waals surface area (Å²) in [6.45, 7) is 2.67. The summed E-state index contributed by atoms with van der Waals surface area (Å²) in [6.07, 6.45) is 4.19. The topological polar surface area (TPSA) is 80.6 Å². The van der Waals surface area contributed by atoms with Gasteiger partial charge in [-0.05, 0) is 43.7 Å². The second-order valence-corrected chi connectivity index (χ2v) is 7.42. The molecule has 2 heterocycles. The Morgan fingerprint density at radius 3 is 2.28 bits per heavy atom. The second kappa shape index (κ2) is 9.62. The molecule has 0 bridgehead atoms. The maximum absolute atomic E-state index is 9.46. The van der Waals surface area contributed by atoms with Gasteiger partial charge in [0.05, 0.1) is 37.1 Å². The van der Waals surface area contributed by atoms with Crippen LogP contribution in [0.15, 0.2) is 60.9 Å². The molecule has 0 aliphatic rings. The van der Waals surface area contributed by atoms with Crippen molar-refractivity contribution >= 4 is 22.4 Å². The molecule has 0 fully saturated rings. The molecule has 4 rings (SSSR count). The van der Waals surface area contributed by atoms with Gasteiger partial charge in [-0.1, -0.05) is 0 Å². The normalized spacial score (nSPS) is 10.9. The van der Waals surface area contributed by atoms with E-state index in [1.54, 1.807) is 20.4 Å². The fourth-order valence-electron chi connectivity index (χ4n) is 3.51. The highest BCUT2D eigenvalue weighted by Crippen LogP contribution is 2.34. The van der Waals surface area contributed by atoms with Crippen LogP contribution < -0.4 is 14.4 Å². The maximum atomic E-state index is 9.46. The highest BCUT2D eigenvalue weighted by molar-refractivity contribution is 5.82. The number of aliphatic hydroxyl groups is 1. The molecule has 0 saturated carbocycles. The quantitative estimate of drug-likeness (QED) is 0.440. The highest BCUT2D eigenvalue weighted by Gasteiger charge is 2.14. The number of aryl methyl sites for hydroxylation is 1. The fraction of sp³-hybridized carbons (Fsp3) is 0.240. The van der Waals surface area contributed by atoms with Crippen LogP contribution in [0.2, 0.25) is 0 Å². The number of fused-ring (bicyclic) bond motifs is 1. The average Bonchev–Trinajstić information content (AvgIpc) is 2.84. The Morgan fingerprint density at radius 2 is 1.62 bits per heavy atom. The second-order valence-electron chi connectivity index (χ2n) is 7.42. The first kappa shape index (κ1) is 21.5. The molecule has 7 heteroatoms. The molecule has 2 aromatic carbocycles. The van der Waals surface area contributed by atoms with Crippen molar-refractivity contribution < 1.29 is 14.6 Å². The van der Waals surface area contributed by atoms with Crippen LogP contribution in [0.4, 0.5) is 11.4 Å². The van der Waals surface area contributed by atoms with Crippen molar-refractivity contribution in [2.75, 3.05) is 32.3 Å². The molecule has 164 valence electrons. The van der Waals surface area contributed by atoms with Gasteiger partial charge in [0, 0.05) is 60.2 Å². The van der Waals surface area contributed by atoms with Gasteiger partial charge in [-0.2, -0.15) is 0 Å². The summed E-state index contributed by atoms with van der Waals surface area (Å²) in [5.41, 5.74) is 6.08.